The standard InChI is InChI=1S/C28H30N2O2/c31-26-12-11-21-13-18-30(20-25(21)19-26)28(32)29-16-14-24(15-17-29)27(22-7-3-1-4-8-22)23-9-5-2-6-10-23/h1-12,24,27H,13-20H2. The minimum atomic E-state index is 0.132. The Hall–Kier alpha value is -3.14. The maximum atomic E-state index is 13.3. The zero-order chi connectivity index (χ0) is 21.9. The van der Waals surface area contributed by atoms with Gasteiger partial charge in [-0.25, -0.2) is 4.79 Å². The highest BCUT2D eigenvalue weighted by molar-refractivity contribution is 5.94. The molecule has 2 aromatic rings. The molecule has 0 spiro atoms. The Morgan fingerprint density at radius 2 is 1.44 bits per heavy atom. The second-order valence-corrected chi connectivity index (χ2v) is 9.18. The Bertz CT molecular complexity index is 994. The number of urea groups is 1. The van der Waals surface area contributed by atoms with Crippen molar-refractivity contribution in [2.45, 2.75) is 31.6 Å². The van der Waals surface area contributed by atoms with Crippen LogP contribution in [0.5, 0.6) is 0 Å². The number of likely N-dealkylation sites (tertiary alicyclic amines) is 1. The van der Waals surface area contributed by atoms with Crippen molar-refractivity contribution >= 4 is 11.8 Å². The molecule has 0 unspecified atom stereocenters. The molecule has 32 heavy (non-hydrogen) atoms. The quantitative estimate of drug-likeness (QED) is 0.678. The number of hydrogen-bond acceptors (Lipinski definition) is 2. The molecule has 1 fully saturated rings. The molecule has 4 heteroatoms. The number of carbonyl (C=O) groups excluding carboxylic acids is 2. The lowest BCUT2D eigenvalue weighted by Gasteiger charge is -2.40. The molecule has 5 rings (SSSR count). The van der Waals surface area contributed by atoms with Gasteiger partial charge in [0.2, 0.25) is 0 Å². The van der Waals surface area contributed by atoms with Crippen LogP contribution >= 0.6 is 0 Å². The molecular weight excluding hydrogens is 396 g/mol. The molecule has 1 saturated heterocycles. The summed E-state index contributed by atoms with van der Waals surface area (Å²) in [5.41, 5.74) is 5.09. The number of piperidine rings is 1. The highest BCUT2D eigenvalue weighted by atomic mass is 16.2. The third-order valence-electron chi connectivity index (χ3n) is 7.21. The van der Waals surface area contributed by atoms with Crippen molar-refractivity contribution in [3.8, 4) is 0 Å². The maximum absolute atomic E-state index is 13.3. The SMILES string of the molecule is O=C1C=CC2=C(C1)CN(C(=O)N1CCC(C(c3ccccc3)c3ccccc3)CC1)CC2. The van der Waals surface area contributed by atoms with Crippen molar-refractivity contribution < 1.29 is 9.59 Å². The third kappa shape index (κ3) is 4.27. The molecule has 0 radical (unpaired) electrons. The topological polar surface area (TPSA) is 40.6 Å². The number of carbonyl (C=O) groups is 2. The molecule has 0 aromatic heterocycles. The zero-order valence-electron chi connectivity index (χ0n) is 18.5. The van der Waals surface area contributed by atoms with Gasteiger partial charge in [0.05, 0.1) is 0 Å². The minimum Gasteiger partial charge on any atom is -0.325 e. The van der Waals surface area contributed by atoms with Gasteiger partial charge >= 0.3 is 6.03 Å². The highest BCUT2D eigenvalue weighted by Crippen LogP contribution is 2.38. The first kappa shape index (κ1) is 20.7. The largest absolute Gasteiger partial charge is 0.325 e. The van der Waals surface area contributed by atoms with Gasteiger partial charge in [-0.15, -0.1) is 0 Å². The van der Waals surface area contributed by atoms with Crippen molar-refractivity contribution in [3.63, 3.8) is 0 Å². The van der Waals surface area contributed by atoms with Gasteiger partial charge < -0.3 is 9.80 Å². The molecule has 2 aromatic carbocycles. The monoisotopic (exact) mass is 426 g/mol. The summed E-state index contributed by atoms with van der Waals surface area (Å²) < 4.78 is 0. The Kier molecular flexibility index (Phi) is 5.93. The Morgan fingerprint density at radius 1 is 0.812 bits per heavy atom. The minimum absolute atomic E-state index is 0.132. The van der Waals surface area contributed by atoms with Crippen molar-refractivity contribution in [1.82, 2.24) is 9.80 Å². The molecule has 164 valence electrons. The van der Waals surface area contributed by atoms with E-state index in [0.29, 0.717) is 24.8 Å². The van der Waals surface area contributed by atoms with Crippen LogP contribution in [0.25, 0.3) is 0 Å². The molecule has 0 atom stereocenters. The van der Waals surface area contributed by atoms with Crippen molar-refractivity contribution in [1.29, 1.82) is 0 Å². The van der Waals surface area contributed by atoms with E-state index in [4.69, 9.17) is 0 Å². The zero-order valence-corrected chi connectivity index (χ0v) is 18.5. The van der Waals surface area contributed by atoms with Crippen molar-refractivity contribution in [3.05, 3.63) is 95.1 Å². The highest BCUT2D eigenvalue weighted by Gasteiger charge is 2.33. The fourth-order valence-corrected chi connectivity index (χ4v) is 5.52. The van der Waals surface area contributed by atoms with E-state index in [1.807, 2.05) is 15.9 Å². The van der Waals surface area contributed by atoms with Crippen LogP contribution < -0.4 is 0 Å². The summed E-state index contributed by atoms with van der Waals surface area (Å²) in [6.07, 6.45) is 6.95. The number of allylic oxidation sites excluding steroid dienone is 2. The van der Waals surface area contributed by atoms with Gasteiger partial charge in [-0.2, -0.15) is 0 Å². The first-order valence-electron chi connectivity index (χ1n) is 11.7. The first-order chi connectivity index (χ1) is 15.7. The molecule has 4 nitrogen and oxygen atoms in total. The van der Waals surface area contributed by atoms with Gasteiger partial charge in [0, 0.05) is 38.5 Å². The molecule has 0 bridgehead atoms. The van der Waals surface area contributed by atoms with E-state index in [9.17, 15) is 9.59 Å². The summed E-state index contributed by atoms with van der Waals surface area (Å²) in [4.78, 5) is 29.0. The molecule has 3 aliphatic rings. The number of nitrogens with zero attached hydrogens (tertiary/aromatic N) is 2. The van der Waals surface area contributed by atoms with Crippen LogP contribution in [0, 0.1) is 5.92 Å². The number of hydrogen-bond donors (Lipinski definition) is 0. The average molecular weight is 427 g/mol. The molecule has 2 heterocycles. The van der Waals surface area contributed by atoms with E-state index >= 15 is 0 Å². The van der Waals surface area contributed by atoms with E-state index in [-0.39, 0.29) is 11.8 Å². The predicted molar refractivity (Wildman–Crippen MR) is 126 cm³/mol. The van der Waals surface area contributed by atoms with Crippen LogP contribution in [0.1, 0.15) is 42.7 Å². The predicted octanol–water partition coefficient (Wildman–Crippen LogP) is 5.18. The van der Waals surface area contributed by atoms with Crippen molar-refractivity contribution in [2.75, 3.05) is 26.2 Å². The fourth-order valence-electron chi connectivity index (χ4n) is 5.52. The fraction of sp³-hybridized carbons (Fsp3) is 0.357. The second kappa shape index (κ2) is 9.15. The Morgan fingerprint density at radius 3 is 2.06 bits per heavy atom. The van der Waals surface area contributed by atoms with E-state index in [0.717, 1.165) is 44.5 Å². The molecular formula is C28H30N2O2. The normalized spacial score (nSPS) is 19.5. The molecule has 0 N–H and O–H groups in total. The number of amides is 2. The van der Waals surface area contributed by atoms with Gasteiger partial charge in [0.15, 0.2) is 5.78 Å². The number of benzene rings is 2. The van der Waals surface area contributed by atoms with Crippen LogP contribution in [0.15, 0.2) is 84.0 Å². The maximum Gasteiger partial charge on any atom is 0.320 e. The summed E-state index contributed by atoms with van der Waals surface area (Å²) in [5, 5.41) is 0. The van der Waals surface area contributed by atoms with Gasteiger partial charge in [-0.1, -0.05) is 66.7 Å². The molecule has 2 aliphatic heterocycles. The Balaban J connectivity index is 1.26. The van der Waals surface area contributed by atoms with Crippen LogP contribution in [-0.2, 0) is 4.79 Å². The van der Waals surface area contributed by atoms with Crippen LogP contribution in [0.2, 0.25) is 0 Å². The smallest absolute Gasteiger partial charge is 0.320 e. The Labute approximate surface area is 190 Å². The second-order valence-electron chi connectivity index (χ2n) is 9.18. The van der Waals surface area contributed by atoms with E-state index in [2.05, 4.69) is 60.7 Å². The molecule has 2 amide bonds. The van der Waals surface area contributed by atoms with Gasteiger partial charge in [0.1, 0.15) is 0 Å². The number of rotatable bonds is 3. The van der Waals surface area contributed by atoms with Gasteiger partial charge in [0.25, 0.3) is 0 Å². The lowest BCUT2D eigenvalue weighted by Crippen LogP contribution is -2.49. The molecule has 1 aliphatic carbocycles. The summed E-state index contributed by atoms with van der Waals surface area (Å²) in [7, 11) is 0. The lowest BCUT2D eigenvalue weighted by molar-refractivity contribution is -0.114. The van der Waals surface area contributed by atoms with Crippen LogP contribution in [0.4, 0.5) is 4.79 Å². The van der Waals surface area contributed by atoms with Gasteiger partial charge in [-0.3, -0.25) is 4.79 Å². The van der Waals surface area contributed by atoms with Gasteiger partial charge in [-0.05, 0) is 53.5 Å². The first-order valence-corrected chi connectivity index (χ1v) is 11.7. The average Bonchev–Trinajstić information content (AvgIpc) is 2.85. The van der Waals surface area contributed by atoms with Crippen molar-refractivity contribution in [2.24, 2.45) is 5.92 Å². The van der Waals surface area contributed by atoms with E-state index in [1.165, 1.54) is 16.7 Å². The molecule has 0 saturated carbocycles. The van der Waals surface area contributed by atoms with Crippen LogP contribution in [-0.4, -0.2) is 47.8 Å². The summed E-state index contributed by atoms with van der Waals surface area (Å²) in [6.45, 7) is 2.93. The summed E-state index contributed by atoms with van der Waals surface area (Å²) >= 11 is 0. The summed E-state index contributed by atoms with van der Waals surface area (Å²) in [6, 6.07) is 21.7. The third-order valence-corrected chi connectivity index (χ3v) is 7.21. The van der Waals surface area contributed by atoms with Crippen LogP contribution in [0.3, 0.4) is 0 Å². The lowest BCUT2D eigenvalue weighted by atomic mass is 9.76. The summed E-state index contributed by atoms with van der Waals surface area (Å²) in [5.74, 6) is 1.02. The number of ketones is 1. The van der Waals surface area contributed by atoms with E-state index < -0.39 is 0 Å². The van der Waals surface area contributed by atoms with E-state index in [1.54, 1.807) is 6.08 Å².